The second kappa shape index (κ2) is 11.8. The Hall–Kier alpha value is -1.39. The Labute approximate surface area is 233 Å². The zero-order valence-electron chi connectivity index (χ0n) is 17.4. The van der Waals surface area contributed by atoms with Crippen LogP contribution in [0.1, 0.15) is 16.1 Å². The third kappa shape index (κ3) is 7.82. The van der Waals surface area contributed by atoms with Crippen molar-refractivity contribution in [3.05, 3.63) is 66.1 Å². The number of aromatic carboxylic acids is 1. The minimum absolute atomic E-state index is 0. The van der Waals surface area contributed by atoms with Crippen LogP contribution in [-0.2, 0) is 26.8 Å². The Morgan fingerprint density at radius 3 is 2.06 bits per heavy atom. The normalized spacial score (nSPS) is 11.1. The summed E-state index contributed by atoms with van der Waals surface area (Å²) in [6.45, 7) is 0.0756. The van der Waals surface area contributed by atoms with Crippen molar-refractivity contribution in [2.45, 2.75) is 16.3 Å². The van der Waals surface area contributed by atoms with E-state index in [0.29, 0.717) is 11.8 Å². The number of carboxylic acids is 1. The molecule has 0 saturated carbocycles. The first-order valence-electron chi connectivity index (χ1n) is 8.41. The summed E-state index contributed by atoms with van der Waals surface area (Å²) >= 11 is 0. The van der Waals surface area contributed by atoms with Crippen LogP contribution in [-0.4, -0.2) is 37.0 Å². The number of carbonyl (C=O) groups is 1. The number of anilines is 3. The summed E-state index contributed by atoms with van der Waals surface area (Å²) in [5.41, 5.74) is -0.561. The molecule has 0 spiro atoms. The van der Waals surface area contributed by atoms with Crippen molar-refractivity contribution in [1.29, 1.82) is 0 Å². The molecule has 0 unspecified atom stereocenters. The molecule has 3 rings (SSSR count). The quantitative estimate of drug-likeness (QED) is 0.198. The minimum atomic E-state index is -5.08. The average molecular weight is 512 g/mol. The van der Waals surface area contributed by atoms with Crippen LogP contribution < -0.4 is 69.7 Å². The zero-order valence-corrected chi connectivity index (χ0v) is 23.1. The van der Waals surface area contributed by atoms with Crippen LogP contribution in [0, 0.1) is 0 Å². The van der Waals surface area contributed by atoms with Gasteiger partial charge in [0.25, 0.3) is 0 Å². The van der Waals surface area contributed by atoms with Gasteiger partial charge in [-0.25, -0.2) is 21.6 Å². The Bertz CT molecular complexity index is 1330. The molecule has 164 valence electrons. The number of nitrogens with one attached hydrogen (secondary N) is 2. The number of furan rings is 1. The monoisotopic (exact) mass is 512 g/mol. The molecule has 0 bridgehead atoms. The van der Waals surface area contributed by atoms with E-state index in [1.54, 1.807) is 12.1 Å². The van der Waals surface area contributed by atoms with Crippen LogP contribution >= 0.6 is 0 Å². The Balaban J connectivity index is 0.00000272. The van der Waals surface area contributed by atoms with Crippen molar-refractivity contribution in [3.63, 3.8) is 0 Å². The SMILES string of the molecule is O=C(O)c1cc(S(=O)(=O)[O-])c(Nc2ccc(S(=O)(=O)[O-])cc2)cc1NCc1ccco1.[Na+].[Na+]. The molecule has 15 heteroatoms. The van der Waals surface area contributed by atoms with Crippen molar-refractivity contribution in [3.8, 4) is 0 Å². The van der Waals surface area contributed by atoms with E-state index >= 15 is 0 Å². The number of hydrogen-bond donors (Lipinski definition) is 3. The van der Waals surface area contributed by atoms with E-state index < -0.39 is 41.6 Å². The molecule has 0 radical (unpaired) electrons. The van der Waals surface area contributed by atoms with Gasteiger partial charge in [0.15, 0.2) is 0 Å². The average Bonchev–Trinajstić information content (AvgIpc) is 3.18. The summed E-state index contributed by atoms with van der Waals surface area (Å²) in [6, 6.07) is 9.47. The third-order valence-corrected chi connectivity index (χ3v) is 5.80. The standard InChI is InChI=1S/C18H16N2O9S2.2Na/c21-18(22)14-8-17(31(26,27)28)16(9-15(14)19-10-12-2-1-7-29-12)20-11-3-5-13(6-4-11)30(23,24)25;;/h1-9,19-20H,10H2,(H,21,22)(H,23,24,25)(H,26,27,28);;/q;2*+1/p-2. The van der Waals surface area contributed by atoms with Crippen molar-refractivity contribution in [2.24, 2.45) is 0 Å². The van der Waals surface area contributed by atoms with E-state index in [4.69, 9.17) is 4.42 Å². The maximum absolute atomic E-state index is 11.7. The molecular weight excluding hydrogens is 498 g/mol. The van der Waals surface area contributed by atoms with Gasteiger partial charge in [0.2, 0.25) is 0 Å². The van der Waals surface area contributed by atoms with Crippen molar-refractivity contribution >= 4 is 43.3 Å². The first-order valence-corrected chi connectivity index (χ1v) is 11.2. The van der Waals surface area contributed by atoms with Gasteiger partial charge >= 0.3 is 65.1 Å². The fraction of sp³-hybridized carbons (Fsp3) is 0.0556. The van der Waals surface area contributed by atoms with Crippen LogP contribution in [0.25, 0.3) is 0 Å². The largest absolute Gasteiger partial charge is 1.00 e. The molecule has 0 atom stereocenters. The summed E-state index contributed by atoms with van der Waals surface area (Å²) in [5.74, 6) is -0.996. The van der Waals surface area contributed by atoms with E-state index in [2.05, 4.69) is 10.6 Å². The molecule has 33 heavy (non-hydrogen) atoms. The van der Waals surface area contributed by atoms with Gasteiger partial charge in [-0.05, 0) is 48.5 Å². The van der Waals surface area contributed by atoms with E-state index in [1.165, 1.54) is 18.4 Å². The Morgan fingerprint density at radius 2 is 1.58 bits per heavy atom. The molecule has 1 heterocycles. The van der Waals surface area contributed by atoms with E-state index in [9.17, 15) is 35.8 Å². The second-order valence-electron chi connectivity index (χ2n) is 6.19. The first-order chi connectivity index (χ1) is 14.4. The molecule has 0 amide bonds. The predicted molar refractivity (Wildman–Crippen MR) is 105 cm³/mol. The van der Waals surface area contributed by atoms with Crippen molar-refractivity contribution in [2.75, 3.05) is 10.6 Å². The molecule has 0 saturated heterocycles. The molecule has 1 aromatic heterocycles. The molecule has 0 aliphatic heterocycles. The topological polar surface area (TPSA) is 189 Å². The van der Waals surface area contributed by atoms with E-state index in [0.717, 1.165) is 18.2 Å². The third-order valence-electron chi connectivity index (χ3n) is 4.07. The summed E-state index contributed by atoms with van der Waals surface area (Å²) in [7, 11) is -9.77. The van der Waals surface area contributed by atoms with Gasteiger partial charge in [0, 0.05) is 5.69 Å². The summed E-state index contributed by atoms with van der Waals surface area (Å²) in [4.78, 5) is 10.3. The van der Waals surface area contributed by atoms with Crippen LogP contribution in [0.3, 0.4) is 0 Å². The number of carboxylic acid groups (broad SMARTS) is 1. The van der Waals surface area contributed by atoms with Gasteiger partial charge in [0.1, 0.15) is 26.0 Å². The fourth-order valence-corrected chi connectivity index (χ4v) is 3.77. The molecule has 0 fully saturated rings. The van der Waals surface area contributed by atoms with Crippen LogP contribution in [0.2, 0.25) is 0 Å². The number of hydrogen-bond acceptors (Lipinski definition) is 10. The van der Waals surface area contributed by atoms with Gasteiger partial charge in [0.05, 0.1) is 39.5 Å². The molecule has 0 aliphatic carbocycles. The Morgan fingerprint density at radius 1 is 0.939 bits per heavy atom. The zero-order chi connectivity index (χ0) is 22.8. The molecule has 2 aromatic carbocycles. The van der Waals surface area contributed by atoms with Crippen LogP contribution in [0.15, 0.2) is 69.0 Å². The van der Waals surface area contributed by atoms with E-state index in [-0.39, 0.29) is 82.7 Å². The smallest absolute Gasteiger partial charge is 0.744 e. The fourth-order valence-electron chi connectivity index (χ4n) is 2.66. The maximum atomic E-state index is 11.7. The van der Waals surface area contributed by atoms with E-state index in [1.807, 2.05) is 0 Å². The van der Waals surface area contributed by atoms with Gasteiger partial charge in [-0.2, -0.15) is 0 Å². The van der Waals surface area contributed by atoms with Gasteiger partial charge in [-0.1, -0.05) is 0 Å². The molecule has 3 N–H and O–H groups in total. The summed E-state index contributed by atoms with van der Waals surface area (Å²) in [5, 5.41) is 14.9. The van der Waals surface area contributed by atoms with Gasteiger partial charge < -0.3 is 29.3 Å². The minimum Gasteiger partial charge on any atom is -0.744 e. The Kier molecular flexibility index (Phi) is 10.6. The first kappa shape index (κ1) is 29.6. The number of rotatable bonds is 8. The molecule has 11 nitrogen and oxygen atoms in total. The van der Waals surface area contributed by atoms with Crippen molar-refractivity contribution < 1.29 is 99.4 Å². The summed E-state index contributed by atoms with van der Waals surface area (Å²) in [6.07, 6.45) is 1.42. The second-order valence-corrected chi connectivity index (χ2v) is 8.92. The van der Waals surface area contributed by atoms with Gasteiger partial charge in [-0.15, -0.1) is 0 Å². The molecule has 3 aromatic rings. The predicted octanol–water partition coefficient (Wildman–Crippen LogP) is -3.85. The molecular formula is C18H14N2Na2O9S2. The van der Waals surface area contributed by atoms with Crippen LogP contribution in [0.5, 0.6) is 0 Å². The summed E-state index contributed by atoms with van der Waals surface area (Å²) < 4.78 is 73.4. The number of benzene rings is 2. The maximum Gasteiger partial charge on any atom is 1.00 e. The van der Waals surface area contributed by atoms with Gasteiger partial charge in [-0.3, -0.25) is 0 Å². The van der Waals surface area contributed by atoms with Crippen LogP contribution in [0.4, 0.5) is 17.1 Å². The van der Waals surface area contributed by atoms with Crippen molar-refractivity contribution in [1.82, 2.24) is 0 Å². The molecule has 0 aliphatic rings.